The smallest absolute Gasteiger partial charge is 0.273 e. The first-order chi connectivity index (χ1) is 11.1. The van der Waals surface area contributed by atoms with E-state index in [-0.39, 0.29) is 5.91 Å². The number of rotatable bonds is 2. The van der Waals surface area contributed by atoms with Crippen LogP contribution in [-0.4, -0.2) is 43.5 Å². The summed E-state index contributed by atoms with van der Waals surface area (Å²) in [4.78, 5) is 14.5. The maximum atomic E-state index is 12.6. The molecule has 1 aliphatic rings. The third-order valence-electron chi connectivity index (χ3n) is 4.78. The Balaban J connectivity index is 1.61. The Labute approximate surface area is 134 Å². The van der Waals surface area contributed by atoms with Gasteiger partial charge in [0.05, 0.1) is 6.20 Å². The first-order valence-electron chi connectivity index (χ1n) is 7.83. The van der Waals surface area contributed by atoms with Gasteiger partial charge in [-0.2, -0.15) is 0 Å². The lowest BCUT2D eigenvalue weighted by Gasteiger charge is -2.16. The SMILES string of the molecule is Cn1nncc1C(=O)N1CCC(c2cn(C)c3ccccc23)C1. The lowest BCUT2D eigenvalue weighted by molar-refractivity contribution is 0.0780. The molecule has 1 unspecified atom stereocenters. The van der Waals surface area contributed by atoms with Gasteiger partial charge >= 0.3 is 0 Å². The van der Waals surface area contributed by atoms with Gasteiger partial charge in [0, 0.05) is 50.2 Å². The van der Waals surface area contributed by atoms with Gasteiger partial charge in [0.15, 0.2) is 0 Å². The summed E-state index contributed by atoms with van der Waals surface area (Å²) in [5, 5.41) is 8.93. The number of likely N-dealkylation sites (tertiary alicyclic amines) is 1. The van der Waals surface area contributed by atoms with Crippen LogP contribution in [0.5, 0.6) is 0 Å². The molecular weight excluding hydrogens is 290 g/mol. The molecule has 6 nitrogen and oxygen atoms in total. The second-order valence-corrected chi connectivity index (χ2v) is 6.19. The first kappa shape index (κ1) is 14.0. The maximum Gasteiger partial charge on any atom is 0.273 e. The average molecular weight is 309 g/mol. The van der Waals surface area contributed by atoms with Crippen molar-refractivity contribution >= 4 is 16.8 Å². The highest BCUT2D eigenvalue weighted by atomic mass is 16.2. The van der Waals surface area contributed by atoms with E-state index in [1.807, 2.05) is 4.90 Å². The molecule has 1 atom stereocenters. The Kier molecular flexibility index (Phi) is 3.18. The van der Waals surface area contributed by atoms with E-state index in [0.29, 0.717) is 11.6 Å². The molecule has 0 spiro atoms. The van der Waals surface area contributed by atoms with Crippen molar-refractivity contribution in [1.29, 1.82) is 0 Å². The quantitative estimate of drug-likeness (QED) is 0.727. The minimum absolute atomic E-state index is 0.0141. The second-order valence-electron chi connectivity index (χ2n) is 6.19. The highest BCUT2D eigenvalue weighted by Crippen LogP contribution is 2.33. The van der Waals surface area contributed by atoms with Crippen molar-refractivity contribution < 1.29 is 4.79 Å². The van der Waals surface area contributed by atoms with E-state index in [9.17, 15) is 4.79 Å². The molecule has 1 aromatic carbocycles. The molecule has 118 valence electrons. The number of benzene rings is 1. The number of aromatic nitrogens is 4. The molecule has 3 aromatic rings. The van der Waals surface area contributed by atoms with E-state index in [0.717, 1.165) is 19.5 Å². The van der Waals surface area contributed by atoms with Gasteiger partial charge in [-0.3, -0.25) is 4.79 Å². The summed E-state index contributed by atoms with van der Waals surface area (Å²) in [5.41, 5.74) is 3.12. The van der Waals surface area contributed by atoms with Gasteiger partial charge in [-0.05, 0) is 18.1 Å². The molecule has 1 fully saturated rings. The van der Waals surface area contributed by atoms with E-state index in [1.165, 1.54) is 27.3 Å². The van der Waals surface area contributed by atoms with E-state index < -0.39 is 0 Å². The number of fused-ring (bicyclic) bond motifs is 1. The molecule has 3 heterocycles. The third kappa shape index (κ3) is 2.21. The number of carbonyl (C=O) groups is 1. The molecule has 6 heteroatoms. The lowest BCUT2D eigenvalue weighted by Crippen LogP contribution is -2.30. The molecule has 2 aromatic heterocycles. The van der Waals surface area contributed by atoms with Crippen molar-refractivity contribution in [2.75, 3.05) is 13.1 Å². The second kappa shape index (κ2) is 5.22. The van der Waals surface area contributed by atoms with Crippen molar-refractivity contribution in [1.82, 2.24) is 24.5 Å². The summed E-state index contributed by atoms with van der Waals surface area (Å²) in [6.07, 6.45) is 4.73. The standard InChI is InChI=1S/C17H19N5O/c1-20-11-14(13-5-3-4-6-15(13)20)12-7-8-22(10-12)17(23)16-9-18-19-21(16)2/h3-6,9,11-12H,7-8,10H2,1-2H3. The van der Waals surface area contributed by atoms with Crippen LogP contribution in [0.15, 0.2) is 36.7 Å². The van der Waals surface area contributed by atoms with Crippen LogP contribution < -0.4 is 0 Å². The minimum atomic E-state index is 0.0141. The molecule has 1 aliphatic heterocycles. The zero-order valence-electron chi connectivity index (χ0n) is 13.3. The van der Waals surface area contributed by atoms with Crippen LogP contribution in [0, 0.1) is 0 Å². The monoisotopic (exact) mass is 309 g/mol. The minimum Gasteiger partial charge on any atom is -0.350 e. The fraction of sp³-hybridized carbons (Fsp3) is 0.353. The van der Waals surface area contributed by atoms with Crippen LogP contribution in [0.3, 0.4) is 0 Å². The fourth-order valence-corrected chi connectivity index (χ4v) is 3.54. The Morgan fingerprint density at radius 3 is 2.87 bits per heavy atom. The van der Waals surface area contributed by atoms with Crippen LogP contribution in [0.4, 0.5) is 0 Å². The van der Waals surface area contributed by atoms with Gasteiger partial charge in [0.1, 0.15) is 5.69 Å². The number of carbonyl (C=O) groups excluding carboxylic acids is 1. The first-order valence-corrected chi connectivity index (χ1v) is 7.83. The maximum absolute atomic E-state index is 12.6. The number of nitrogens with zero attached hydrogens (tertiary/aromatic N) is 5. The molecule has 23 heavy (non-hydrogen) atoms. The third-order valence-corrected chi connectivity index (χ3v) is 4.78. The Morgan fingerprint density at radius 1 is 1.26 bits per heavy atom. The molecule has 0 N–H and O–H groups in total. The van der Waals surface area contributed by atoms with E-state index in [1.54, 1.807) is 7.05 Å². The number of aryl methyl sites for hydroxylation is 2. The molecule has 1 amide bonds. The van der Waals surface area contributed by atoms with Crippen molar-refractivity contribution in [3.63, 3.8) is 0 Å². The normalized spacial score (nSPS) is 18.0. The summed E-state index contributed by atoms with van der Waals surface area (Å²) in [7, 11) is 3.82. The van der Waals surface area contributed by atoms with Crippen molar-refractivity contribution in [3.05, 3.63) is 47.9 Å². The Hall–Kier alpha value is -2.63. The van der Waals surface area contributed by atoms with Gasteiger partial charge in [0.2, 0.25) is 0 Å². The summed E-state index contributed by atoms with van der Waals surface area (Å²) in [6.45, 7) is 1.52. The molecule has 4 rings (SSSR count). The molecule has 1 saturated heterocycles. The van der Waals surface area contributed by atoms with E-state index in [2.05, 4.69) is 52.4 Å². The summed E-state index contributed by atoms with van der Waals surface area (Å²) in [6, 6.07) is 8.44. The number of hydrogen-bond donors (Lipinski definition) is 0. The Bertz CT molecular complexity index is 878. The topological polar surface area (TPSA) is 56.0 Å². The summed E-state index contributed by atoms with van der Waals surface area (Å²) < 4.78 is 3.70. The summed E-state index contributed by atoms with van der Waals surface area (Å²) >= 11 is 0. The molecule has 0 bridgehead atoms. The molecular formula is C17H19N5O. The van der Waals surface area contributed by atoms with E-state index >= 15 is 0 Å². The van der Waals surface area contributed by atoms with Gasteiger partial charge < -0.3 is 9.47 Å². The molecule has 0 saturated carbocycles. The fourth-order valence-electron chi connectivity index (χ4n) is 3.54. The number of hydrogen-bond acceptors (Lipinski definition) is 3. The van der Waals surface area contributed by atoms with Crippen LogP contribution in [0.2, 0.25) is 0 Å². The lowest BCUT2D eigenvalue weighted by atomic mass is 9.98. The van der Waals surface area contributed by atoms with E-state index in [4.69, 9.17) is 0 Å². The predicted octanol–water partition coefficient (Wildman–Crippen LogP) is 1.94. The van der Waals surface area contributed by atoms with Crippen LogP contribution in [-0.2, 0) is 14.1 Å². The van der Waals surface area contributed by atoms with Crippen LogP contribution in [0.1, 0.15) is 28.4 Å². The zero-order chi connectivity index (χ0) is 16.0. The van der Waals surface area contributed by atoms with Gasteiger partial charge in [0.25, 0.3) is 5.91 Å². The number of amides is 1. The number of para-hydroxylation sites is 1. The summed E-state index contributed by atoms with van der Waals surface area (Å²) in [5.74, 6) is 0.395. The Morgan fingerprint density at radius 2 is 2.09 bits per heavy atom. The molecule has 0 aliphatic carbocycles. The van der Waals surface area contributed by atoms with Gasteiger partial charge in [-0.15, -0.1) is 5.10 Å². The van der Waals surface area contributed by atoms with Crippen molar-refractivity contribution in [2.24, 2.45) is 14.1 Å². The highest BCUT2D eigenvalue weighted by Gasteiger charge is 2.30. The molecule has 0 radical (unpaired) electrons. The van der Waals surface area contributed by atoms with Gasteiger partial charge in [-0.1, -0.05) is 23.4 Å². The van der Waals surface area contributed by atoms with Crippen molar-refractivity contribution in [2.45, 2.75) is 12.3 Å². The van der Waals surface area contributed by atoms with Gasteiger partial charge in [-0.25, -0.2) is 4.68 Å². The van der Waals surface area contributed by atoms with Crippen molar-refractivity contribution in [3.8, 4) is 0 Å². The largest absolute Gasteiger partial charge is 0.350 e. The average Bonchev–Trinajstić information content (AvgIpc) is 3.26. The van der Waals surface area contributed by atoms with Crippen LogP contribution in [0.25, 0.3) is 10.9 Å². The van der Waals surface area contributed by atoms with Crippen LogP contribution >= 0.6 is 0 Å². The zero-order valence-corrected chi connectivity index (χ0v) is 13.3. The highest BCUT2D eigenvalue weighted by molar-refractivity contribution is 5.92. The predicted molar refractivity (Wildman–Crippen MR) is 87.2 cm³/mol.